The predicted molar refractivity (Wildman–Crippen MR) is 107 cm³/mol. The SMILES string of the molecule is O[C@]1(C#Cc2cccc(Cl)c2)CCC[C@@H](Nc2ccc3c(c2)OC(F)(F)C(F)(F)O3)C1. The van der Waals surface area contributed by atoms with E-state index < -0.39 is 29.3 Å². The maximum atomic E-state index is 13.4. The molecule has 164 valence electrons. The number of halogens is 5. The number of benzene rings is 2. The molecule has 9 heteroatoms. The highest BCUT2D eigenvalue weighted by Gasteiger charge is 2.65. The van der Waals surface area contributed by atoms with Crippen LogP contribution in [0, 0.1) is 11.8 Å². The van der Waals surface area contributed by atoms with Crippen LogP contribution in [0.3, 0.4) is 0 Å². The lowest BCUT2D eigenvalue weighted by molar-refractivity contribution is -0.391. The van der Waals surface area contributed by atoms with E-state index in [1.807, 2.05) is 0 Å². The van der Waals surface area contributed by atoms with E-state index in [0.29, 0.717) is 42.0 Å². The molecule has 0 bridgehead atoms. The van der Waals surface area contributed by atoms with E-state index in [1.54, 1.807) is 24.3 Å². The van der Waals surface area contributed by atoms with Gasteiger partial charge in [-0.05, 0) is 49.6 Å². The van der Waals surface area contributed by atoms with Crippen LogP contribution in [0.1, 0.15) is 31.2 Å². The van der Waals surface area contributed by atoms with Crippen LogP contribution in [0.5, 0.6) is 11.5 Å². The molecule has 4 nitrogen and oxygen atoms in total. The van der Waals surface area contributed by atoms with Gasteiger partial charge in [0, 0.05) is 34.8 Å². The standard InChI is InChI=1S/C22H18ClF4NO3/c23-15-4-1-3-14(11-15)8-10-20(29)9-2-5-17(13-20)28-16-6-7-18-19(12-16)31-22(26,27)21(24,25)30-18/h1,3-4,6-7,11-12,17,28-29H,2,5,9,13H2/t17-,20+/m1/s1. The van der Waals surface area contributed by atoms with E-state index >= 15 is 0 Å². The Morgan fingerprint density at radius 3 is 2.52 bits per heavy atom. The van der Waals surface area contributed by atoms with Crippen molar-refractivity contribution in [3.05, 3.63) is 53.1 Å². The van der Waals surface area contributed by atoms with Gasteiger partial charge < -0.3 is 19.9 Å². The summed E-state index contributed by atoms with van der Waals surface area (Å²) in [6.07, 6.45) is -7.35. The molecule has 1 aliphatic heterocycles. The number of rotatable bonds is 2. The molecule has 2 N–H and O–H groups in total. The Bertz CT molecular complexity index is 1050. The number of anilines is 1. The molecule has 1 heterocycles. The number of nitrogens with one attached hydrogen (secondary N) is 1. The van der Waals surface area contributed by atoms with Crippen LogP contribution in [0.2, 0.25) is 5.02 Å². The zero-order valence-corrected chi connectivity index (χ0v) is 16.9. The lowest BCUT2D eigenvalue weighted by atomic mass is 9.82. The van der Waals surface area contributed by atoms with E-state index in [-0.39, 0.29) is 6.04 Å². The van der Waals surface area contributed by atoms with Crippen molar-refractivity contribution >= 4 is 17.3 Å². The molecule has 1 aliphatic carbocycles. The highest BCUT2D eigenvalue weighted by atomic mass is 35.5. The fourth-order valence-corrected chi connectivity index (χ4v) is 3.83. The molecule has 0 radical (unpaired) electrons. The molecule has 31 heavy (non-hydrogen) atoms. The molecule has 2 aliphatic rings. The number of ether oxygens (including phenoxy) is 2. The molecule has 2 aromatic rings. The summed E-state index contributed by atoms with van der Waals surface area (Å²) in [6.45, 7) is 0. The Morgan fingerprint density at radius 2 is 1.77 bits per heavy atom. The Morgan fingerprint density at radius 1 is 1.03 bits per heavy atom. The molecule has 0 aromatic heterocycles. The molecule has 2 atom stereocenters. The normalized spacial score (nSPS) is 25.8. The third-order valence-corrected chi connectivity index (χ3v) is 5.36. The van der Waals surface area contributed by atoms with Crippen molar-refractivity contribution in [2.24, 2.45) is 0 Å². The summed E-state index contributed by atoms with van der Waals surface area (Å²) < 4.78 is 61.7. The molecule has 4 rings (SSSR count). The number of hydrogen-bond acceptors (Lipinski definition) is 4. The fraction of sp³-hybridized carbons (Fsp3) is 0.364. The van der Waals surface area contributed by atoms with Crippen LogP contribution < -0.4 is 14.8 Å². The maximum absolute atomic E-state index is 13.4. The maximum Gasteiger partial charge on any atom is 0.507 e. The average Bonchev–Trinajstić information content (AvgIpc) is 2.67. The van der Waals surface area contributed by atoms with Crippen molar-refractivity contribution in [3.8, 4) is 23.3 Å². The van der Waals surface area contributed by atoms with Crippen LogP contribution >= 0.6 is 11.6 Å². The quantitative estimate of drug-likeness (QED) is 0.468. The second-order valence-electron chi connectivity index (χ2n) is 7.63. The topological polar surface area (TPSA) is 50.7 Å². The van der Waals surface area contributed by atoms with Crippen molar-refractivity contribution < 1.29 is 32.1 Å². The van der Waals surface area contributed by atoms with Crippen LogP contribution in [0.15, 0.2) is 42.5 Å². The molecule has 1 saturated carbocycles. The van der Waals surface area contributed by atoms with Gasteiger partial charge in [-0.3, -0.25) is 0 Å². The van der Waals surface area contributed by atoms with Crippen molar-refractivity contribution in [3.63, 3.8) is 0 Å². The van der Waals surface area contributed by atoms with Gasteiger partial charge in [-0.15, -0.1) is 0 Å². The first-order chi connectivity index (χ1) is 14.6. The van der Waals surface area contributed by atoms with Crippen LogP contribution in [-0.2, 0) is 0 Å². The monoisotopic (exact) mass is 455 g/mol. The molecule has 0 amide bonds. The van der Waals surface area contributed by atoms with Crippen molar-refractivity contribution in [1.82, 2.24) is 0 Å². The van der Waals surface area contributed by atoms with E-state index in [0.717, 1.165) is 6.07 Å². The predicted octanol–water partition coefficient (Wildman–Crippen LogP) is 5.43. The highest BCUT2D eigenvalue weighted by molar-refractivity contribution is 6.30. The summed E-state index contributed by atoms with van der Waals surface area (Å²) in [5, 5.41) is 14.6. The van der Waals surface area contributed by atoms with Gasteiger partial charge in [0.2, 0.25) is 0 Å². The lowest BCUT2D eigenvalue weighted by Gasteiger charge is -2.35. The van der Waals surface area contributed by atoms with Crippen LogP contribution in [0.25, 0.3) is 0 Å². The molecule has 1 fully saturated rings. The summed E-state index contributed by atoms with van der Waals surface area (Å²) in [7, 11) is 0. The average molecular weight is 456 g/mol. The van der Waals surface area contributed by atoms with Crippen molar-refractivity contribution in [2.45, 2.75) is 49.5 Å². The van der Waals surface area contributed by atoms with Gasteiger partial charge in [-0.1, -0.05) is 29.5 Å². The third kappa shape index (κ3) is 4.68. The smallest absolute Gasteiger partial charge is 0.421 e. The number of hydrogen-bond donors (Lipinski definition) is 2. The van der Waals surface area contributed by atoms with Crippen LogP contribution in [0.4, 0.5) is 23.2 Å². The zero-order valence-electron chi connectivity index (χ0n) is 16.1. The van der Waals surface area contributed by atoms with Gasteiger partial charge in [0.05, 0.1) is 0 Å². The Hall–Kier alpha value is -2.63. The van der Waals surface area contributed by atoms with Gasteiger partial charge in [0.15, 0.2) is 11.5 Å². The van der Waals surface area contributed by atoms with E-state index in [2.05, 4.69) is 26.6 Å². The molecule has 2 aromatic carbocycles. The zero-order chi connectivity index (χ0) is 22.3. The first kappa shape index (κ1) is 21.6. The second kappa shape index (κ2) is 7.81. The molecule has 0 saturated heterocycles. The minimum Gasteiger partial charge on any atom is -0.421 e. The Balaban J connectivity index is 1.47. The van der Waals surface area contributed by atoms with Crippen molar-refractivity contribution in [1.29, 1.82) is 0 Å². The third-order valence-electron chi connectivity index (χ3n) is 5.12. The van der Waals surface area contributed by atoms with Gasteiger partial charge >= 0.3 is 12.2 Å². The number of alkyl halides is 4. The van der Waals surface area contributed by atoms with Crippen LogP contribution in [-0.4, -0.2) is 29.0 Å². The first-order valence-electron chi connectivity index (χ1n) is 9.61. The fourth-order valence-electron chi connectivity index (χ4n) is 3.64. The molecular formula is C22H18ClF4NO3. The second-order valence-corrected chi connectivity index (χ2v) is 8.07. The summed E-state index contributed by atoms with van der Waals surface area (Å²) in [6, 6.07) is 10.5. The number of fused-ring (bicyclic) bond motifs is 1. The molecular weight excluding hydrogens is 438 g/mol. The summed E-state index contributed by atoms with van der Waals surface area (Å²) >= 11 is 5.95. The minimum absolute atomic E-state index is 0.211. The minimum atomic E-state index is -4.78. The first-order valence-corrected chi connectivity index (χ1v) is 9.98. The summed E-state index contributed by atoms with van der Waals surface area (Å²) in [5.74, 6) is 4.87. The van der Waals surface area contributed by atoms with Gasteiger partial charge in [-0.25, -0.2) is 0 Å². The summed E-state index contributed by atoms with van der Waals surface area (Å²) in [5.41, 5.74) is -0.179. The van der Waals surface area contributed by atoms with E-state index in [1.165, 1.54) is 12.1 Å². The number of aliphatic hydroxyl groups is 1. The molecule has 0 unspecified atom stereocenters. The summed E-state index contributed by atoms with van der Waals surface area (Å²) in [4.78, 5) is 0. The van der Waals surface area contributed by atoms with E-state index in [4.69, 9.17) is 11.6 Å². The lowest BCUT2D eigenvalue weighted by Crippen LogP contribution is -2.52. The van der Waals surface area contributed by atoms with Crippen molar-refractivity contribution in [2.75, 3.05) is 5.32 Å². The van der Waals surface area contributed by atoms with E-state index in [9.17, 15) is 22.7 Å². The Labute approximate surface area is 181 Å². The van der Waals surface area contributed by atoms with Gasteiger partial charge in [0.1, 0.15) is 5.60 Å². The highest BCUT2D eigenvalue weighted by Crippen LogP contribution is 2.47. The largest absolute Gasteiger partial charge is 0.507 e. The van der Waals surface area contributed by atoms with Gasteiger partial charge in [0.25, 0.3) is 0 Å². The molecule has 0 spiro atoms. The Kier molecular flexibility index (Phi) is 5.44. The van der Waals surface area contributed by atoms with Gasteiger partial charge in [-0.2, -0.15) is 17.6 Å².